The van der Waals surface area contributed by atoms with Crippen LogP contribution in [0.5, 0.6) is 5.75 Å². The molecule has 32 heavy (non-hydrogen) atoms. The van der Waals surface area contributed by atoms with Crippen molar-refractivity contribution in [3.05, 3.63) is 90.3 Å². The number of carbonyl (C=O) groups is 1. The van der Waals surface area contributed by atoms with E-state index in [1.165, 1.54) is 5.38 Å². The normalized spacial score (nSPS) is 11.1. The van der Waals surface area contributed by atoms with Crippen molar-refractivity contribution < 1.29 is 32.2 Å². The number of rotatable bonds is 5. The van der Waals surface area contributed by atoms with Crippen molar-refractivity contribution in [1.29, 1.82) is 0 Å². The molecule has 0 aliphatic rings. The minimum atomic E-state index is -1.43. The fourth-order valence-corrected chi connectivity index (χ4v) is 3.86. The van der Waals surface area contributed by atoms with Crippen LogP contribution in [0, 0.1) is 23.3 Å². The number of thiophene rings is 1. The third-order valence-electron chi connectivity index (χ3n) is 4.52. The number of fused-ring (bicyclic) bond motifs is 1. The number of nitrogens with zero attached hydrogens (tertiary/aromatic N) is 1. The van der Waals surface area contributed by atoms with Crippen LogP contribution in [0.2, 0.25) is 0 Å². The number of ether oxygens (including phenoxy) is 1. The molecule has 164 valence electrons. The second-order valence-electron chi connectivity index (χ2n) is 6.45. The number of benzene rings is 2. The van der Waals surface area contributed by atoms with E-state index < -0.39 is 64.1 Å². The fraction of sp³-hybridized carbons (Fsp3) is 0.0500. The Morgan fingerprint density at radius 2 is 1.75 bits per heavy atom. The molecule has 2 aromatic heterocycles. The average Bonchev–Trinajstić information content (AvgIpc) is 3.14. The van der Waals surface area contributed by atoms with Gasteiger partial charge < -0.3 is 14.8 Å². The van der Waals surface area contributed by atoms with Crippen LogP contribution in [0.3, 0.4) is 0 Å². The van der Waals surface area contributed by atoms with Crippen molar-refractivity contribution in [2.24, 2.45) is 0 Å². The molecule has 0 saturated carbocycles. The van der Waals surface area contributed by atoms with E-state index in [0.717, 1.165) is 18.2 Å². The van der Waals surface area contributed by atoms with Crippen molar-refractivity contribution in [2.45, 2.75) is 6.61 Å². The van der Waals surface area contributed by atoms with Crippen LogP contribution in [0.1, 0.15) is 15.2 Å². The summed E-state index contributed by atoms with van der Waals surface area (Å²) in [6.07, 6.45) is 0. The highest BCUT2D eigenvalue weighted by atomic mass is 32.1. The third kappa shape index (κ3) is 3.54. The summed E-state index contributed by atoms with van der Waals surface area (Å²) in [5.41, 5.74) is -3.59. The van der Waals surface area contributed by atoms with Crippen LogP contribution in [0.15, 0.2) is 45.3 Å². The molecule has 0 spiro atoms. The Kier molecular flexibility index (Phi) is 5.30. The molecular formula is C20H10F4N2O5S. The molecule has 0 bridgehead atoms. The van der Waals surface area contributed by atoms with E-state index in [1.54, 1.807) is 0 Å². The molecule has 0 saturated heterocycles. The maximum Gasteiger partial charge on any atom is 0.346 e. The van der Waals surface area contributed by atoms with Crippen molar-refractivity contribution in [3.63, 3.8) is 0 Å². The molecule has 12 heteroatoms. The summed E-state index contributed by atoms with van der Waals surface area (Å²) in [7, 11) is 0. The topological polar surface area (TPSA) is 101 Å². The van der Waals surface area contributed by atoms with E-state index in [9.17, 15) is 37.1 Å². The van der Waals surface area contributed by atoms with Gasteiger partial charge in [0.05, 0.1) is 22.2 Å². The van der Waals surface area contributed by atoms with E-state index >= 15 is 0 Å². The predicted octanol–water partition coefficient (Wildman–Crippen LogP) is 3.57. The monoisotopic (exact) mass is 466 g/mol. The van der Waals surface area contributed by atoms with Gasteiger partial charge in [-0.15, -0.1) is 11.3 Å². The predicted molar refractivity (Wildman–Crippen MR) is 106 cm³/mol. The van der Waals surface area contributed by atoms with Crippen LogP contribution in [0.25, 0.3) is 16.6 Å². The average molecular weight is 466 g/mol. The van der Waals surface area contributed by atoms with E-state index in [-0.39, 0.29) is 20.3 Å². The summed E-state index contributed by atoms with van der Waals surface area (Å²) in [6.45, 7) is -0.765. The molecule has 0 atom stereocenters. The number of hydrogen-bond acceptors (Lipinski definition) is 5. The van der Waals surface area contributed by atoms with Crippen molar-refractivity contribution >= 4 is 28.2 Å². The van der Waals surface area contributed by atoms with Gasteiger partial charge in [0.25, 0.3) is 5.56 Å². The summed E-state index contributed by atoms with van der Waals surface area (Å²) >= 11 is 0.683. The van der Waals surface area contributed by atoms with E-state index in [2.05, 4.69) is 4.98 Å². The highest BCUT2D eigenvalue weighted by Gasteiger charge is 2.22. The minimum absolute atomic E-state index is 0.0623. The molecular weight excluding hydrogens is 456 g/mol. The molecule has 0 amide bonds. The molecule has 2 heterocycles. The van der Waals surface area contributed by atoms with Crippen LogP contribution in [0.4, 0.5) is 17.6 Å². The second kappa shape index (κ2) is 7.96. The van der Waals surface area contributed by atoms with Gasteiger partial charge in [-0.05, 0) is 12.1 Å². The number of halogens is 4. The van der Waals surface area contributed by atoms with Gasteiger partial charge in [-0.25, -0.2) is 31.7 Å². The van der Waals surface area contributed by atoms with Crippen LogP contribution >= 0.6 is 11.3 Å². The Labute approximate surface area is 178 Å². The maximum atomic E-state index is 14.5. The lowest BCUT2D eigenvalue weighted by Gasteiger charge is -2.12. The van der Waals surface area contributed by atoms with E-state index in [0.29, 0.717) is 23.5 Å². The summed E-state index contributed by atoms with van der Waals surface area (Å²) in [5, 5.41) is 10.1. The minimum Gasteiger partial charge on any atom is -0.486 e. The summed E-state index contributed by atoms with van der Waals surface area (Å²) in [6, 6.07) is 4.03. The highest BCUT2D eigenvalue weighted by molar-refractivity contribution is 7.13. The molecule has 4 aromatic rings. The number of aromatic amines is 1. The maximum absolute atomic E-state index is 14.5. The molecule has 2 N–H and O–H groups in total. The van der Waals surface area contributed by atoms with Gasteiger partial charge >= 0.3 is 11.7 Å². The SMILES string of the molecule is O=C(O)c1scc2[nH]c(=O)n(-c3cc(OCc4c(F)cccc4F)c(F)cc3F)c(=O)c12. The van der Waals surface area contributed by atoms with Gasteiger partial charge in [0.1, 0.15) is 23.1 Å². The number of H-pyrrole nitrogens is 1. The van der Waals surface area contributed by atoms with Gasteiger partial charge in [0.2, 0.25) is 0 Å². The van der Waals surface area contributed by atoms with Gasteiger partial charge in [-0.3, -0.25) is 4.79 Å². The Balaban J connectivity index is 1.84. The summed E-state index contributed by atoms with van der Waals surface area (Å²) in [5.74, 6) is -6.62. The lowest BCUT2D eigenvalue weighted by Crippen LogP contribution is -2.34. The third-order valence-corrected chi connectivity index (χ3v) is 5.49. The quantitative estimate of drug-likeness (QED) is 0.438. The Bertz CT molecular complexity index is 1490. The Morgan fingerprint density at radius 3 is 2.41 bits per heavy atom. The molecule has 4 rings (SSSR count). The van der Waals surface area contributed by atoms with E-state index in [1.807, 2.05) is 0 Å². The van der Waals surface area contributed by atoms with Gasteiger partial charge in [-0.2, -0.15) is 0 Å². The molecule has 0 aliphatic heterocycles. The first kappa shape index (κ1) is 21.3. The fourth-order valence-electron chi connectivity index (χ4n) is 3.03. The lowest BCUT2D eigenvalue weighted by molar-refractivity contribution is 0.0704. The molecule has 0 unspecified atom stereocenters. The highest BCUT2D eigenvalue weighted by Crippen LogP contribution is 2.26. The number of nitrogens with one attached hydrogen (secondary N) is 1. The molecule has 0 fully saturated rings. The number of aromatic nitrogens is 2. The van der Waals surface area contributed by atoms with Crippen molar-refractivity contribution in [1.82, 2.24) is 9.55 Å². The molecule has 2 aromatic carbocycles. The largest absolute Gasteiger partial charge is 0.486 e. The summed E-state index contributed by atoms with van der Waals surface area (Å²) in [4.78, 5) is 38.5. The lowest BCUT2D eigenvalue weighted by atomic mass is 10.2. The van der Waals surface area contributed by atoms with Gasteiger partial charge in [0.15, 0.2) is 17.4 Å². The van der Waals surface area contributed by atoms with Crippen LogP contribution in [-0.4, -0.2) is 20.6 Å². The van der Waals surface area contributed by atoms with Crippen molar-refractivity contribution in [3.8, 4) is 11.4 Å². The van der Waals surface area contributed by atoms with E-state index in [4.69, 9.17) is 4.74 Å². The van der Waals surface area contributed by atoms with Gasteiger partial charge in [-0.1, -0.05) is 6.07 Å². The Hall–Kier alpha value is -3.93. The number of hydrogen-bond donors (Lipinski definition) is 2. The second-order valence-corrected chi connectivity index (χ2v) is 7.33. The smallest absolute Gasteiger partial charge is 0.346 e. The first-order chi connectivity index (χ1) is 15.2. The first-order valence-corrected chi connectivity index (χ1v) is 9.62. The molecule has 7 nitrogen and oxygen atoms in total. The number of carboxylic acids is 1. The zero-order valence-electron chi connectivity index (χ0n) is 15.6. The Morgan fingerprint density at radius 1 is 1.06 bits per heavy atom. The van der Waals surface area contributed by atoms with Crippen molar-refractivity contribution in [2.75, 3.05) is 0 Å². The molecule has 0 aliphatic carbocycles. The standard InChI is InChI=1S/C20H10F4N2O5S/c21-9-2-1-3-10(22)8(9)6-31-15-5-14(11(23)4-12(15)24)26-18(27)16-13(25-20(26)30)7-32-17(16)19(28)29/h1-5,7H,6H2,(H,25,30)(H,28,29). The first-order valence-electron chi connectivity index (χ1n) is 8.74. The zero-order chi connectivity index (χ0) is 23.2. The van der Waals surface area contributed by atoms with Crippen LogP contribution < -0.4 is 16.0 Å². The zero-order valence-corrected chi connectivity index (χ0v) is 16.4. The molecule has 0 radical (unpaired) electrons. The summed E-state index contributed by atoms with van der Waals surface area (Å²) < 4.78 is 61.6. The number of carboxylic acid groups (broad SMARTS) is 1. The van der Waals surface area contributed by atoms with Gasteiger partial charge in [0, 0.05) is 17.5 Å². The van der Waals surface area contributed by atoms with Crippen LogP contribution in [-0.2, 0) is 6.61 Å². The number of aromatic carboxylic acids is 1.